The fourth-order valence-corrected chi connectivity index (χ4v) is 2.53. The van der Waals surface area contributed by atoms with Crippen LogP contribution in [0.15, 0.2) is 24.3 Å². The van der Waals surface area contributed by atoms with Crippen molar-refractivity contribution in [2.75, 3.05) is 19.7 Å². The molecule has 0 N–H and O–H groups in total. The van der Waals surface area contributed by atoms with Gasteiger partial charge in [-0.3, -0.25) is 9.59 Å². The van der Waals surface area contributed by atoms with Crippen LogP contribution >= 0.6 is 0 Å². The van der Waals surface area contributed by atoms with Crippen molar-refractivity contribution in [2.45, 2.75) is 32.8 Å². The Morgan fingerprint density at radius 3 is 2.65 bits per heavy atom. The summed E-state index contributed by atoms with van der Waals surface area (Å²) in [5.41, 5.74) is 0. The number of carbonyl (C=O) groups excluding carboxylic acids is 2. The standard InChI is InChI=1S/C17H22FNO4/c1-12(11-22-16-5-3-4-15(18)10-16)23-17(21)14-6-8-19(9-7-14)13(2)20/h3-5,10,12,14H,6-9,11H2,1-2H3/t12-/m1/s1. The summed E-state index contributed by atoms with van der Waals surface area (Å²) in [6.07, 6.45) is 0.822. The van der Waals surface area contributed by atoms with E-state index in [9.17, 15) is 14.0 Å². The van der Waals surface area contributed by atoms with Gasteiger partial charge in [0.15, 0.2) is 0 Å². The second kappa shape index (κ2) is 7.94. The smallest absolute Gasteiger partial charge is 0.309 e. The van der Waals surface area contributed by atoms with Crippen LogP contribution in [-0.4, -0.2) is 42.6 Å². The van der Waals surface area contributed by atoms with Crippen LogP contribution in [0.25, 0.3) is 0 Å². The first-order chi connectivity index (χ1) is 11.0. The first-order valence-electron chi connectivity index (χ1n) is 7.80. The molecule has 1 aromatic carbocycles. The van der Waals surface area contributed by atoms with Gasteiger partial charge in [-0.05, 0) is 31.9 Å². The molecule has 1 amide bonds. The summed E-state index contributed by atoms with van der Waals surface area (Å²) in [7, 11) is 0. The zero-order chi connectivity index (χ0) is 16.8. The maximum Gasteiger partial charge on any atom is 0.309 e. The second-order valence-corrected chi connectivity index (χ2v) is 5.80. The predicted molar refractivity (Wildman–Crippen MR) is 82.4 cm³/mol. The number of ether oxygens (including phenoxy) is 2. The maximum absolute atomic E-state index is 13.0. The summed E-state index contributed by atoms with van der Waals surface area (Å²) in [6.45, 7) is 4.61. The molecule has 1 aliphatic rings. The van der Waals surface area contributed by atoms with Crippen molar-refractivity contribution in [3.8, 4) is 5.75 Å². The third-order valence-corrected chi connectivity index (χ3v) is 3.87. The molecule has 0 aliphatic carbocycles. The van der Waals surface area contributed by atoms with Gasteiger partial charge in [0.25, 0.3) is 0 Å². The lowest BCUT2D eigenvalue weighted by atomic mass is 9.97. The summed E-state index contributed by atoms with van der Waals surface area (Å²) in [5.74, 6) is -0.369. The summed E-state index contributed by atoms with van der Waals surface area (Å²) in [5, 5.41) is 0. The molecular formula is C17H22FNO4. The number of carbonyl (C=O) groups is 2. The Morgan fingerprint density at radius 2 is 2.04 bits per heavy atom. The van der Waals surface area contributed by atoms with E-state index in [4.69, 9.17) is 9.47 Å². The van der Waals surface area contributed by atoms with E-state index in [1.165, 1.54) is 19.1 Å². The van der Waals surface area contributed by atoms with E-state index in [1.54, 1.807) is 24.0 Å². The van der Waals surface area contributed by atoms with E-state index < -0.39 is 6.10 Å². The molecule has 1 atom stereocenters. The average Bonchev–Trinajstić information content (AvgIpc) is 2.53. The third kappa shape index (κ3) is 5.23. The number of benzene rings is 1. The predicted octanol–water partition coefficient (Wildman–Crippen LogP) is 2.39. The molecule has 2 rings (SSSR count). The second-order valence-electron chi connectivity index (χ2n) is 5.80. The van der Waals surface area contributed by atoms with E-state index in [2.05, 4.69) is 0 Å². The zero-order valence-electron chi connectivity index (χ0n) is 13.5. The molecule has 1 saturated heterocycles. The van der Waals surface area contributed by atoms with E-state index in [1.807, 2.05) is 0 Å². The number of halogens is 1. The van der Waals surface area contributed by atoms with Crippen molar-refractivity contribution < 1.29 is 23.5 Å². The van der Waals surface area contributed by atoms with Crippen molar-refractivity contribution in [3.63, 3.8) is 0 Å². The van der Waals surface area contributed by atoms with E-state index >= 15 is 0 Å². The van der Waals surface area contributed by atoms with Gasteiger partial charge < -0.3 is 14.4 Å². The highest BCUT2D eigenvalue weighted by Crippen LogP contribution is 2.19. The van der Waals surface area contributed by atoms with Crippen LogP contribution in [0.2, 0.25) is 0 Å². The lowest BCUT2D eigenvalue weighted by Gasteiger charge is -2.30. The minimum absolute atomic E-state index is 0.0358. The molecule has 0 unspecified atom stereocenters. The molecular weight excluding hydrogens is 301 g/mol. The summed E-state index contributed by atoms with van der Waals surface area (Å²) in [4.78, 5) is 25.1. The van der Waals surface area contributed by atoms with Gasteiger partial charge in [-0.25, -0.2) is 4.39 Å². The molecule has 6 heteroatoms. The maximum atomic E-state index is 13.0. The van der Waals surface area contributed by atoms with Crippen molar-refractivity contribution in [2.24, 2.45) is 5.92 Å². The van der Waals surface area contributed by atoms with Crippen LogP contribution in [0.1, 0.15) is 26.7 Å². The lowest BCUT2D eigenvalue weighted by molar-refractivity contribution is -0.157. The number of nitrogens with zero attached hydrogens (tertiary/aromatic N) is 1. The number of hydrogen-bond donors (Lipinski definition) is 0. The molecule has 0 aromatic heterocycles. The van der Waals surface area contributed by atoms with Gasteiger partial charge in [-0.2, -0.15) is 0 Å². The Labute approximate surface area is 135 Å². The Morgan fingerprint density at radius 1 is 1.35 bits per heavy atom. The van der Waals surface area contributed by atoms with Gasteiger partial charge in [0, 0.05) is 26.1 Å². The normalized spacial score (nSPS) is 16.7. The Kier molecular flexibility index (Phi) is 5.96. The monoisotopic (exact) mass is 323 g/mol. The first-order valence-corrected chi connectivity index (χ1v) is 7.80. The Balaban J connectivity index is 1.73. The van der Waals surface area contributed by atoms with Crippen LogP contribution in [0.4, 0.5) is 4.39 Å². The molecule has 126 valence electrons. The van der Waals surface area contributed by atoms with Crippen molar-refractivity contribution >= 4 is 11.9 Å². The number of likely N-dealkylation sites (tertiary alicyclic amines) is 1. The first kappa shape index (κ1) is 17.2. The third-order valence-electron chi connectivity index (χ3n) is 3.87. The molecule has 1 heterocycles. The lowest BCUT2D eigenvalue weighted by Crippen LogP contribution is -2.40. The Hall–Kier alpha value is -2.11. The Bertz CT molecular complexity index is 555. The SMILES string of the molecule is CC(=O)N1CCC(C(=O)O[C@H](C)COc2cccc(F)c2)CC1. The summed E-state index contributed by atoms with van der Waals surface area (Å²) in [6, 6.07) is 5.83. The number of piperidine rings is 1. The van der Waals surface area contributed by atoms with E-state index in [-0.39, 0.29) is 30.2 Å². The van der Waals surface area contributed by atoms with Crippen LogP contribution in [0.3, 0.4) is 0 Å². The van der Waals surface area contributed by atoms with Crippen molar-refractivity contribution in [1.82, 2.24) is 4.90 Å². The molecule has 5 nitrogen and oxygen atoms in total. The zero-order valence-corrected chi connectivity index (χ0v) is 13.5. The topological polar surface area (TPSA) is 55.8 Å². The summed E-state index contributed by atoms with van der Waals surface area (Å²) >= 11 is 0. The molecule has 0 radical (unpaired) electrons. The van der Waals surface area contributed by atoms with Crippen LogP contribution < -0.4 is 4.74 Å². The minimum Gasteiger partial charge on any atom is -0.490 e. The molecule has 1 aliphatic heterocycles. The fraction of sp³-hybridized carbons (Fsp3) is 0.529. The number of hydrogen-bond acceptors (Lipinski definition) is 4. The van der Waals surface area contributed by atoms with Gasteiger partial charge in [0.1, 0.15) is 24.3 Å². The summed E-state index contributed by atoms with van der Waals surface area (Å²) < 4.78 is 23.8. The van der Waals surface area contributed by atoms with Gasteiger partial charge in [-0.1, -0.05) is 6.07 Å². The van der Waals surface area contributed by atoms with E-state index in [0.717, 1.165) is 0 Å². The van der Waals surface area contributed by atoms with Gasteiger partial charge in [-0.15, -0.1) is 0 Å². The van der Waals surface area contributed by atoms with Gasteiger partial charge in [0.2, 0.25) is 5.91 Å². The van der Waals surface area contributed by atoms with Gasteiger partial charge in [0.05, 0.1) is 5.92 Å². The highest BCUT2D eigenvalue weighted by Gasteiger charge is 2.28. The fourth-order valence-electron chi connectivity index (χ4n) is 2.53. The molecule has 23 heavy (non-hydrogen) atoms. The molecule has 1 fully saturated rings. The van der Waals surface area contributed by atoms with Gasteiger partial charge >= 0.3 is 5.97 Å². The van der Waals surface area contributed by atoms with Crippen molar-refractivity contribution in [3.05, 3.63) is 30.1 Å². The highest BCUT2D eigenvalue weighted by molar-refractivity contribution is 5.75. The number of rotatable bonds is 5. The molecule has 1 aromatic rings. The van der Waals surface area contributed by atoms with Crippen molar-refractivity contribution in [1.29, 1.82) is 0 Å². The number of esters is 1. The van der Waals surface area contributed by atoms with E-state index in [0.29, 0.717) is 31.7 Å². The number of amides is 1. The average molecular weight is 323 g/mol. The van der Waals surface area contributed by atoms with Crippen LogP contribution in [-0.2, 0) is 14.3 Å². The minimum atomic E-state index is -0.420. The highest BCUT2D eigenvalue weighted by atomic mass is 19.1. The van der Waals surface area contributed by atoms with Crippen LogP contribution in [0.5, 0.6) is 5.75 Å². The molecule has 0 bridgehead atoms. The quantitative estimate of drug-likeness (QED) is 0.781. The van der Waals surface area contributed by atoms with Crippen LogP contribution in [0, 0.1) is 11.7 Å². The molecule has 0 spiro atoms. The largest absolute Gasteiger partial charge is 0.490 e. The molecule has 0 saturated carbocycles.